The summed E-state index contributed by atoms with van der Waals surface area (Å²) in [6.45, 7) is 0. The van der Waals surface area contributed by atoms with Gasteiger partial charge in [0.1, 0.15) is 0 Å². The summed E-state index contributed by atoms with van der Waals surface area (Å²) in [6, 6.07) is 5.63. The molecule has 2 nitrogen and oxygen atoms in total. The third kappa shape index (κ3) is 2.60. The Morgan fingerprint density at radius 2 is 2.25 bits per heavy atom. The minimum Gasteiger partial charge on any atom is -0.398 e. The molecule has 0 saturated carbocycles. The second-order valence-corrected chi connectivity index (χ2v) is 4.86. The van der Waals surface area contributed by atoms with Crippen LogP contribution in [0.1, 0.15) is 5.56 Å². The van der Waals surface area contributed by atoms with E-state index in [-0.39, 0.29) is 0 Å². The van der Waals surface area contributed by atoms with E-state index in [1.165, 1.54) is 0 Å². The van der Waals surface area contributed by atoms with Crippen LogP contribution in [0.2, 0.25) is 0 Å². The van der Waals surface area contributed by atoms with E-state index in [2.05, 4.69) is 15.9 Å². The molecule has 2 N–H and O–H groups in total. The van der Waals surface area contributed by atoms with Gasteiger partial charge in [0.25, 0.3) is 0 Å². The fraction of sp³-hybridized carbons (Fsp3) is 0.250. The van der Waals surface area contributed by atoms with Gasteiger partial charge in [-0.15, -0.1) is 0 Å². The highest BCUT2D eigenvalue weighted by atomic mass is 79.9. The molecule has 1 aromatic carbocycles. The average molecular weight is 248 g/mol. The molecule has 1 rings (SSSR count). The first kappa shape index (κ1) is 9.74. The van der Waals surface area contributed by atoms with Gasteiger partial charge < -0.3 is 5.73 Å². The van der Waals surface area contributed by atoms with E-state index in [0.29, 0.717) is 11.4 Å². The predicted molar refractivity (Wildman–Crippen MR) is 56.3 cm³/mol. The smallest absolute Gasteiger partial charge is 0.0483 e. The van der Waals surface area contributed by atoms with Crippen molar-refractivity contribution < 1.29 is 4.21 Å². The topological polar surface area (TPSA) is 43.1 Å². The summed E-state index contributed by atoms with van der Waals surface area (Å²) in [5.74, 6) is 0.567. The zero-order valence-electron chi connectivity index (χ0n) is 6.71. The molecule has 0 bridgehead atoms. The van der Waals surface area contributed by atoms with Crippen molar-refractivity contribution in [3.8, 4) is 0 Å². The molecule has 0 heterocycles. The van der Waals surface area contributed by atoms with Gasteiger partial charge in [0.15, 0.2) is 0 Å². The Labute approximate surface area is 82.7 Å². The predicted octanol–water partition coefficient (Wildman–Crippen LogP) is 1.91. The van der Waals surface area contributed by atoms with Gasteiger partial charge in [0.05, 0.1) is 0 Å². The van der Waals surface area contributed by atoms with Crippen molar-refractivity contribution in [2.75, 3.05) is 12.0 Å². The number of hydrogen-bond acceptors (Lipinski definition) is 2. The second kappa shape index (κ2) is 4.05. The molecule has 0 radical (unpaired) electrons. The maximum atomic E-state index is 10.9. The molecule has 0 fully saturated rings. The first-order chi connectivity index (χ1) is 5.59. The lowest BCUT2D eigenvalue weighted by molar-refractivity contribution is 0.686. The Balaban J connectivity index is 2.89. The molecule has 12 heavy (non-hydrogen) atoms. The lowest BCUT2D eigenvalue weighted by Crippen LogP contribution is -1.94. The molecule has 1 aromatic rings. The van der Waals surface area contributed by atoms with Crippen LogP contribution in [0.5, 0.6) is 0 Å². The number of nitrogen functional groups attached to an aromatic ring is 1. The molecule has 0 spiro atoms. The van der Waals surface area contributed by atoms with E-state index in [1.807, 2.05) is 18.2 Å². The Morgan fingerprint density at radius 3 is 2.75 bits per heavy atom. The number of hydrogen-bond donors (Lipinski definition) is 1. The van der Waals surface area contributed by atoms with Crippen LogP contribution in [0.15, 0.2) is 22.7 Å². The minimum absolute atomic E-state index is 0.567. The number of nitrogens with two attached hydrogens (primary N) is 1. The molecule has 0 amide bonds. The van der Waals surface area contributed by atoms with Crippen LogP contribution < -0.4 is 5.73 Å². The SMILES string of the molecule is CS(=O)Cc1ccc(Br)c(N)c1. The third-order valence-electron chi connectivity index (χ3n) is 1.43. The molecule has 1 atom stereocenters. The number of rotatable bonds is 2. The molecular weight excluding hydrogens is 238 g/mol. The average Bonchev–Trinajstić information content (AvgIpc) is 1.96. The lowest BCUT2D eigenvalue weighted by atomic mass is 10.2. The molecule has 1 unspecified atom stereocenters. The maximum absolute atomic E-state index is 10.9. The van der Waals surface area contributed by atoms with Crippen LogP contribution in [0.25, 0.3) is 0 Å². The highest BCUT2D eigenvalue weighted by Crippen LogP contribution is 2.20. The van der Waals surface area contributed by atoms with E-state index in [0.717, 1.165) is 10.0 Å². The van der Waals surface area contributed by atoms with Crippen molar-refractivity contribution in [2.24, 2.45) is 0 Å². The zero-order chi connectivity index (χ0) is 9.14. The normalized spacial score (nSPS) is 12.8. The summed E-state index contributed by atoms with van der Waals surface area (Å²) < 4.78 is 11.8. The van der Waals surface area contributed by atoms with Crippen molar-refractivity contribution >= 4 is 32.4 Å². The zero-order valence-corrected chi connectivity index (χ0v) is 9.11. The maximum Gasteiger partial charge on any atom is 0.0483 e. The summed E-state index contributed by atoms with van der Waals surface area (Å²) in [5, 5.41) is 0. The largest absolute Gasteiger partial charge is 0.398 e. The van der Waals surface area contributed by atoms with Crippen molar-refractivity contribution in [3.05, 3.63) is 28.2 Å². The second-order valence-electron chi connectivity index (χ2n) is 2.57. The fourth-order valence-electron chi connectivity index (χ4n) is 0.918. The molecule has 0 aromatic heterocycles. The number of benzene rings is 1. The fourth-order valence-corrected chi connectivity index (χ4v) is 1.81. The van der Waals surface area contributed by atoms with Crippen LogP contribution in [0.4, 0.5) is 5.69 Å². The van der Waals surface area contributed by atoms with E-state index in [1.54, 1.807) is 6.26 Å². The Bertz CT molecular complexity index is 314. The highest BCUT2D eigenvalue weighted by molar-refractivity contribution is 9.10. The van der Waals surface area contributed by atoms with Crippen molar-refractivity contribution in [2.45, 2.75) is 5.75 Å². The summed E-state index contributed by atoms with van der Waals surface area (Å²) in [5.41, 5.74) is 7.35. The van der Waals surface area contributed by atoms with Crippen LogP contribution in [0.3, 0.4) is 0 Å². The standard InChI is InChI=1S/C8H10BrNOS/c1-12(11)5-6-2-3-7(9)8(10)4-6/h2-4H,5,10H2,1H3. The Kier molecular flexibility index (Phi) is 3.29. The lowest BCUT2D eigenvalue weighted by Gasteiger charge is -2.01. The van der Waals surface area contributed by atoms with Gasteiger partial charge in [-0.1, -0.05) is 6.07 Å². The van der Waals surface area contributed by atoms with Gasteiger partial charge >= 0.3 is 0 Å². The number of halogens is 1. The molecule has 0 aliphatic carbocycles. The number of anilines is 1. The molecule has 4 heteroatoms. The van der Waals surface area contributed by atoms with Crippen LogP contribution in [-0.2, 0) is 16.6 Å². The van der Waals surface area contributed by atoms with Crippen molar-refractivity contribution in [1.82, 2.24) is 0 Å². The summed E-state index contributed by atoms with van der Waals surface area (Å²) in [4.78, 5) is 0. The van der Waals surface area contributed by atoms with E-state index in [9.17, 15) is 4.21 Å². The highest BCUT2D eigenvalue weighted by Gasteiger charge is 1.99. The van der Waals surface area contributed by atoms with E-state index in [4.69, 9.17) is 5.73 Å². The van der Waals surface area contributed by atoms with Gasteiger partial charge in [-0.05, 0) is 33.6 Å². The Hall–Kier alpha value is -0.350. The third-order valence-corrected chi connectivity index (χ3v) is 2.89. The van der Waals surface area contributed by atoms with Gasteiger partial charge in [-0.3, -0.25) is 4.21 Å². The van der Waals surface area contributed by atoms with Gasteiger partial charge in [-0.25, -0.2) is 0 Å². The first-order valence-electron chi connectivity index (χ1n) is 3.43. The summed E-state index contributed by atoms with van der Waals surface area (Å²) in [7, 11) is -0.802. The minimum atomic E-state index is -0.802. The molecule has 0 saturated heterocycles. The monoisotopic (exact) mass is 247 g/mol. The molecule has 66 valence electrons. The quantitative estimate of drug-likeness (QED) is 0.812. The van der Waals surface area contributed by atoms with Crippen molar-refractivity contribution in [1.29, 1.82) is 0 Å². The Morgan fingerprint density at radius 1 is 1.58 bits per heavy atom. The van der Waals surface area contributed by atoms with Crippen molar-refractivity contribution in [3.63, 3.8) is 0 Å². The van der Waals surface area contributed by atoms with Gasteiger partial charge in [0, 0.05) is 33.0 Å². The summed E-state index contributed by atoms with van der Waals surface area (Å²) >= 11 is 3.29. The first-order valence-corrected chi connectivity index (χ1v) is 5.95. The van der Waals surface area contributed by atoms with Crippen LogP contribution >= 0.6 is 15.9 Å². The van der Waals surface area contributed by atoms with Crippen LogP contribution in [-0.4, -0.2) is 10.5 Å². The van der Waals surface area contributed by atoms with Crippen LogP contribution in [0, 0.1) is 0 Å². The molecule has 0 aliphatic rings. The van der Waals surface area contributed by atoms with Gasteiger partial charge in [0.2, 0.25) is 0 Å². The van der Waals surface area contributed by atoms with Gasteiger partial charge in [-0.2, -0.15) is 0 Å². The van der Waals surface area contributed by atoms with E-state index < -0.39 is 10.8 Å². The molecular formula is C8H10BrNOS. The molecule has 0 aliphatic heterocycles. The van der Waals surface area contributed by atoms with E-state index >= 15 is 0 Å². The summed E-state index contributed by atoms with van der Waals surface area (Å²) in [6.07, 6.45) is 1.68.